The van der Waals surface area contributed by atoms with Crippen molar-refractivity contribution >= 4 is 11.9 Å². The first-order chi connectivity index (χ1) is 5.73. The van der Waals surface area contributed by atoms with Crippen LogP contribution in [0, 0.1) is 5.41 Å². The van der Waals surface area contributed by atoms with Crippen LogP contribution in [-0.2, 0) is 14.3 Å². The predicted octanol–water partition coefficient (Wildman–Crippen LogP) is 1.06. The van der Waals surface area contributed by atoms with E-state index in [4.69, 9.17) is 4.74 Å². The van der Waals surface area contributed by atoms with E-state index in [-0.39, 0.29) is 5.91 Å². The summed E-state index contributed by atoms with van der Waals surface area (Å²) in [5.41, 5.74) is -0.464. The number of ether oxygens (including phenoxy) is 1. The number of amides is 1. The van der Waals surface area contributed by atoms with Crippen LogP contribution in [0.5, 0.6) is 0 Å². The quantitative estimate of drug-likeness (QED) is 0.519. The minimum atomic E-state index is -0.566. The normalized spacial score (nSPS) is 13.3. The summed E-state index contributed by atoms with van der Waals surface area (Å²) in [4.78, 5) is 21.9. The SMILES string of the molecule is CC(=O)OC(C)NC(=O)C(C)(C)C. The molecule has 0 fully saturated rings. The summed E-state index contributed by atoms with van der Waals surface area (Å²) in [5, 5.41) is 2.57. The number of carbonyl (C=O) groups excluding carboxylic acids is 2. The first-order valence-electron chi connectivity index (χ1n) is 4.21. The van der Waals surface area contributed by atoms with Crippen LogP contribution in [0.2, 0.25) is 0 Å². The maximum atomic E-state index is 11.4. The topological polar surface area (TPSA) is 55.4 Å². The summed E-state index contributed by atoms with van der Waals surface area (Å²) in [6, 6.07) is 0. The Kier molecular flexibility index (Phi) is 3.91. The van der Waals surface area contributed by atoms with E-state index in [9.17, 15) is 9.59 Å². The highest BCUT2D eigenvalue weighted by atomic mass is 16.6. The summed E-state index contributed by atoms with van der Waals surface area (Å²) in [7, 11) is 0. The van der Waals surface area contributed by atoms with Gasteiger partial charge in [-0.25, -0.2) is 0 Å². The third-order valence-corrected chi connectivity index (χ3v) is 1.36. The molecule has 76 valence electrons. The summed E-state index contributed by atoms with van der Waals surface area (Å²) in [5.74, 6) is -0.539. The highest BCUT2D eigenvalue weighted by molar-refractivity contribution is 5.81. The molecule has 13 heavy (non-hydrogen) atoms. The van der Waals surface area contributed by atoms with Gasteiger partial charge in [0.15, 0.2) is 6.23 Å². The lowest BCUT2D eigenvalue weighted by atomic mass is 9.96. The van der Waals surface area contributed by atoms with Crippen molar-refractivity contribution in [3.8, 4) is 0 Å². The smallest absolute Gasteiger partial charge is 0.304 e. The minimum Gasteiger partial charge on any atom is -0.442 e. The van der Waals surface area contributed by atoms with Crippen molar-refractivity contribution in [2.45, 2.75) is 40.8 Å². The average molecular weight is 187 g/mol. The molecule has 0 rings (SSSR count). The van der Waals surface area contributed by atoms with Gasteiger partial charge in [0.1, 0.15) is 0 Å². The van der Waals surface area contributed by atoms with E-state index in [2.05, 4.69) is 5.32 Å². The molecule has 0 aliphatic carbocycles. The van der Waals surface area contributed by atoms with Crippen molar-refractivity contribution in [2.24, 2.45) is 5.41 Å². The van der Waals surface area contributed by atoms with E-state index in [1.165, 1.54) is 6.92 Å². The van der Waals surface area contributed by atoms with Crippen molar-refractivity contribution < 1.29 is 14.3 Å². The lowest BCUT2D eigenvalue weighted by molar-refractivity contribution is -0.149. The zero-order valence-corrected chi connectivity index (χ0v) is 8.80. The molecule has 1 N–H and O–H groups in total. The standard InChI is InChI=1S/C9H17NO3/c1-6(13-7(2)11)10-8(12)9(3,4)5/h6H,1-5H3,(H,10,12). The van der Waals surface area contributed by atoms with Crippen LogP contribution in [-0.4, -0.2) is 18.1 Å². The number of nitrogens with one attached hydrogen (secondary N) is 1. The molecule has 0 aliphatic heterocycles. The summed E-state index contributed by atoms with van der Waals surface area (Å²) in [6.45, 7) is 8.30. The fraction of sp³-hybridized carbons (Fsp3) is 0.778. The zero-order chi connectivity index (χ0) is 10.6. The van der Waals surface area contributed by atoms with E-state index >= 15 is 0 Å². The van der Waals surface area contributed by atoms with Gasteiger partial charge in [-0.15, -0.1) is 0 Å². The third kappa shape index (κ3) is 5.22. The van der Waals surface area contributed by atoms with E-state index in [0.717, 1.165) is 0 Å². The number of hydrogen-bond acceptors (Lipinski definition) is 3. The van der Waals surface area contributed by atoms with Gasteiger partial charge < -0.3 is 10.1 Å². The lowest BCUT2D eigenvalue weighted by Crippen LogP contribution is -2.42. The molecule has 0 bridgehead atoms. The molecule has 0 heterocycles. The van der Waals surface area contributed by atoms with Crippen LogP contribution in [0.25, 0.3) is 0 Å². The van der Waals surface area contributed by atoms with Crippen molar-refractivity contribution in [2.75, 3.05) is 0 Å². The molecule has 1 amide bonds. The van der Waals surface area contributed by atoms with Crippen molar-refractivity contribution in [1.82, 2.24) is 5.32 Å². The van der Waals surface area contributed by atoms with Crippen LogP contribution in [0.3, 0.4) is 0 Å². The molecule has 0 aliphatic rings. The average Bonchev–Trinajstić information content (AvgIpc) is 1.82. The maximum Gasteiger partial charge on any atom is 0.304 e. The predicted molar refractivity (Wildman–Crippen MR) is 48.8 cm³/mol. The number of rotatable bonds is 2. The van der Waals surface area contributed by atoms with Crippen LogP contribution in [0.1, 0.15) is 34.6 Å². The molecule has 0 radical (unpaired) electrons. The molecule has 4 heteroatoms. The Morgan fingerprint density at radius 1 is 1.31 bits per heavy atom. The number of hydrogen-bond donors (Lipinski definition) is 1. The molecule has 1 unspecified atom stereocenters. The Morgan fingerprint density at radius 2 is 1.77 bits per heavy atom. The molecule has 0 saturated carbocycles. The van der Waals surface area contributed by atoms with Gasteiger partial charge in [0, 0.05) is 12.3 Å². The van der Waals surface area contributed by atoms with Crippen molar-refractivity contribution in [1.29, 1.82) is 0 Å². The van der Waals surface area contributed by atoms with Gasteiger partial charge in [0.05, 0.1) is 0 Å². The second-order valence-corrected chi connectivity index (χ2v) is 3.98. The van der Waals surface area contributed by atoms with Gasteiger partial charge in [0.2, 0.25) is 5.91 Å². The molecule has 0 saturated heterocycles. The monoisotopic (exact) mass is 187 g/mol. The first kappa shape index (κ1) is 11.9. The Morgan fingerprint density at radius 3 is 2.08 bits per heavy atom. The molecule has 1 atom stereocenters. The highest BCUT2D eigenvalue weighted by Gasteiger charge is 2.23. The van der Waals surface area contributed by atoms with Crippen LogP contribution >= 0.6 is 0 Å². The van der Waals surface area contributed by atoms with Crippen molar-refractivity contribution in [3.63, 3.8) is 0 Å². The van der Waals surface area contributed by atoms with Crippen molar-refractivity contribution in [3.05, 3.63) is 0 Å². The summed E-state index contributed by atoms with van der Waals surface area (Å²) >= 11 is 0. The van der Waals surface area contributed by atoms with Gasteiger partial charge in [0.25, 0.3) is 0 Å². The van der Waals surface area contributed by atoms with Crippen LogP contribution < -0.4 is 5.32 Å². The third-order valence-electron chi connectivity index (χ3n) is 1.36. The lowest BCUT2D eigenvalue weighted by Gasteiger charge is -2.21. The number of carbonyl (C=O) groups is 2. The van der Waals surface area contributed by atoms with E-state index in [1.54, 1.807) is 27.7 Å². The summed E-state index contributed by atoms with van der Waals surface area (Å²) in [6.07, 6.45) is -0.566. The largest absolute Gasteiger partial charge is 0.442 e. The van der Waals surface area contributed by atoms with Gasteiger partial charge in [-0.3, -0.25) is 9.59 Å². The minimum absolute atomic E-state index is 0.138. The highest BCUT2D eigenvalue weighted by Crippen LogP contribution is 2.12. The van der Waals surface area contributed by atoms with E-state index < -0.39 is 17.6 Å². The molecule has 0 spiro atoms. The zero-order valence-electron chi connectivity index (χ0n) is 8.80. The Hall–Kier alpha value is -1.06. The Labute approximate surface area is 78.6 Å². The van der Waals surface area contributed by atoms with Gasteiger partial charge in [-0.1, -0.05) is 20.8 Å². The van der Waals surface area contributed by atoms with Gasteiger partial charge >= 0.3 is 5.97 Å². The summed E-state index contributed by atoms with van der Waals surface area (Å²) < 4.78 is 4.75. The van der Waals surface area contributed by atoms with Crippen LogP contribution in [0.15, 0.2) is 0 Å². The van der Waals surface area contributed by atoms with Crippen LogP contribution in [0.4, 0.5) is 0 Å². The van der Waals surface area contributed by atoms with E-state index in [0.29, 0.717) is 0 Å². The fourth-order valence-corrected chi connectivity index (χ4v) is 0.680. The Balaban J connectivity index is 4.00. The van der Waals surface area contributed by atoms with E-state index in [1.807, 2.05) is 0 Å². The number of esters is 1. The molecular weight excluding hydrogens is 170 g/mol. The molecular formula is C9H17NO3. The molecule has 0 aromatic carbocycles. The first-order valence-corrected chi connectivity index (χ1v) is 4.21. The molecule has 0 aromatic heterocycles. The second kappa shape index (κ2) is 4.25. The maximum absolute atomic E-state index is 11.4. The van der Waals surface area contributed by atoms with Gasteiger partial charge in [-0.05, 0) is 6.92 Å². The fourth-order valence-electron chi connectivity index (χ4n) is 0.680. The molecule has 4 nitrogen and oxygen atoms in total. The van der Waals surface area contributed by atoms with Gasteiger partial charge in [-0.2, -0.15) is 0 Å². The second-order valence-electron chi connectivity index (χ2n) is 3.98. The Bertz CT molecular complexity index is 205. The molecule has 0 aromatic rings.